The van der Waals surface area contributed by atoms with Crippen molar-refractivity contribution >= 4 is 43.8 Å². The summed E-state index contributed by atoms with van der Waals surface area (Å²) in [6.45, 7) is 3.34. The van der Waals surface area contributed by atoms with Gasteiger partial charge < -0.3 is 9.47 Å². The minimum absolute atomic E-state index is 0.300. The highest BCUT2D eigenvalue weighted by Crippen LogP contribution is 2.35. The van der Waals surface area contributed by atoms with Crippen LogP contribution in [0.25, 0.3) is 0 Å². The molecule has 0 atom stereocenters. The Labute approximate surface area is 116 Å². The van der Waals surface area contributed by atoms with Gasteiger partial charge in [0.15, 0.2) is 0 Å². The SMILES string of the molecule is CCOC(=O)c1ccc(OC(C)=O)c(Br)c1Br. The zero-order valence-electron chi connectivity index (χ0n) is 9.25. The molecule has 0 aliphatic rings. The molecular formula is C11H10Br2O4. The van der Waals surface area contributed by atoms with Crippen molar-refractivity contribution in [2.24, 2.45) is 0 Å². The molecule has 0 aliphatic carbocycles. The molecule has 1 rings (SSSR count). The average Bonchev–Trinajstić information content (AvgIpc) is 2.24. The third-order valence-electron chi connectivity index (χ3n) is 1.80. The number of carbonyl (C=O) groups is 2. The van der Waals surface area contributed by atoms with Crippen LogP contribution in [-0.2, 0) is 9.53 Å². The molecule has 0 amide bonds. The van der Waals surface area contributed by atoms with Crippen molar-refractivity contribution < 1.29 is 19.1 Å². The highest BCUT2D eigenvalue weighted by molar-refractivity contribution is 9.13. The molecule has 6 heteroatoms. The zero-order valence-corrected chi connectivity index (χ0v) is 12.4. The summed E-state index contributed by atoms with van der Waals surface area (Å²) in [6, 6.07) is 3.06. The maximum absolute atomic E-state index is 11.6. The Balaban J connectivity index is 3.10. The number of rotatable bonds is 3. The molecule has 0 radical (unpaired) electrons. The molecule has 0 fully saturated rings. The predicted octanol–water partition coefficient (Wildman–Crippen LogP) is 3.31. The van der Waals surface area contributed by atoms with E-state index in [0.29, 0.717) is 26.9 Å². The Hall–Kier alpha value is -0.880. The number of carbonyl (C=O) groups excluding carboxylic acids is 2. The quantitative estimate of drug-likeness (QED) is 0.609. The standard InChI is InChI=1S/C11H10Br2O4/c1-3-16-11(15)7-4-5-8(17-6(2)14)10(13)9(7)12/h4-5H,3H2,1-2H3. The zero-order chi connectivity index (χ0) is 13.0. The van der Waals surface area contributed by atoms with Crippen molar-refractivity contribution in [3.63, 3.8) is 0 Å². The molecule has 17 heavy (non-hydrogen) atoms. The van der Waals surface area contributed by atoms with Gasteiger partial charge in [-0.1, -0.05) is 0 Å². The van der Waals surface area contributed by atoms with Crippen LogP contribution in [0, 0.1) is 0 Å². The minimum Gasteiger partial charge on any atom is -0.462 e. The molecule has 0 N–H and O–H groups in total. The lowest BCUT2D eigenvalue weighted by Gasteiger charge is -2.09. The van der Waals surface area contributed by atoms with Crippen LogP contribution < -0.4 is 4.74 Å². The fourth-order valence-corrected chi connectivity index (χ4v) is 2.05. The molecule has 0 aromatic heterocycles. The number of ether oxygens (including phenoxy) is 2. The fraction of sp³-hybridized carbons (Fsp3) is 0.273. The number of halogens is 2. The van der Waals surface area contributed by atoms with E-state index >= 15 is 0 Å². The van der Waals surface area contributed by atoms with Crippen molar-refractivity contribution in [1.82, 2.24) is 0 Å². The normalized spacial score (nSPS) is 9.88. The third-order valence-corrected chi connectivity index (χ3v) is 3.94. The Bertz CT molecular complexity index is 457. The van der Waals surface area contributed by atoms with Gasteiger partial charge >= 0.3 is 11.9 Å². The van der Waals surface area contributed by atoms with Gasteiger partial charge in [-0.05, 0) is 50.9 Å². The second-order valence-electron chi connectivity index (χ2n) is 3.05. The first-order chi connectivity index (χ1) is 7.97. The third kappa shape index (κ3) is 3.54. The smallest absolute Gasteiger partial charge is 0.339 e. The van der Waals surface area contributed by atoms with Crippen LogP contribution in [0.15, 0.2) is 21.1 Å². The minimum atomic E-state index is -0.436. The lowest BCUT2D eigenvalue weighted by Crippen LogP contribution is -2.07. The van der Waals surface area contributed by atoms with Crippen LogP contribution in [-0.4, -0.2) is 18.5 Å². The maximum atomic E-state index is 11.6. The van der Waals surface area contributed by atoms with Gasteiger partial charge in [0.2, 0.25) is 0 Å². The molecule has 0 saturated carbocycles. The van der Waals surface area contributed by atoms with Gasteiger partial charge in [0.05, 0.1) is 21.1 Å². The van der Waals surface area contributed by atoms with Crippen molar-refractivity contribution in [2.45, 2.75) is 13.8 Å². The first-order valence-electron chi connectivity index (χ1n) is 4.81. The summed E-state index contributed by atoms with van der Waals surface area (Å²) < 4.78 is 10.8. The summed E-state index contributed by atoms with van der Waals surface area (Å²) in [7, 11) is 0. The second-order valence-corrected chi connectivity index (χ2v) is 4.64. The van der Waals surface area contributed by atoms with Crippen LogP contribution in [0.1, 0.15) is 24.2 Å². The van der Waals surface area contributed by atoms with Crippen LogP contribution in [0.4, 0.5) is 0 Å². The fourth-order valence-electron chi connectivity index (χ4n) is 1.13. The van der Waals surface area contributed by atoms with Gasteiger partial charge in [-0.3, -0.25) is 4.79 Å². The molecule has 0 aliphatic heterocycles. The van der Waals surface area contributed by atoms with Crippen molar-refractivity contribution in [3.8, 4) is 5.75 Å². The summed E-state index contributed by atoms with van der Waals surface area (Å²) in [6.07, 6.45) is 0. The van der Waals surface area contributed by atoms with Crippen molar-refractivity contribution in [3.05, 3.63) is 26.6 Å². The summed E-state index contributed by atoms with van der Waals surface area (Å²) in [5, 5.41) is 0. The molecule has 0 heterocycles. The van der Waals surface area contributed by atoms with Crippen LogP contribution >= 0.6 is 31.9 Å². The topological polar surface area (TPSA) is 52.6 Å². The highest BCUT2D eigenvalue weighted by Gasteiger charge is 2.17. The second kappa shape index (κ2) is 6.16. The number of hydrogen-bond donors (Lipinski definition) is 0. The Morgan fingerprint density at radius 3 is 2.41 bits per heavy atom. The largest absolute Gasteiger partial charge is 0.462 e. The molecule has 92 valence electrons. The highest BCUT2D eigenvalue weighted by atomic mass is 79.9. The molecule has 0 bridgehead atoms. The van der Waals surface area contributed by atoms with Gasteiger partial charge in [0.1, 0.15) is 5.75 Å². The van der Waals surface area contributed by atoms with E-state index in [0.717, 1.165) is 0 Å². The first-order valence-corrected chi connectivity index (χ1v) is 6.39. The van der Waals surface area contributed by atoms with E-state index in [9.17, 15) is 9.59 Å². The lowest BCUT2D eigenvalue weighted by molar-refractivity contribution is -0.131. The number of hydrogen-bond acceptors (Lipinski definition) is 4. The molecule has 0 spiro atoms. The van der Waals surface area contributed by atoms with E-state index in [1.165, 1.54) is 19.1 Å². The molecule has 4 nitrogen and oxygen atoms in total. The van der Waals surface area contributed by atoms with E-state index in [4.69, 9.17) is 9.47 Å². The first kappa shape index (κ1) is 14.2. The molecule has 0 saturated heterocycles. The van der Waals surface area contributed by atoms with Crippen molar-refractivity contribution in [2.75, 3.05) is 6.61 Å². The summed E-state index contributed by atoms with van der Waals surface area (Å²) in [5.74, 6) is -0.520. The summed E-state index contributed by atoms with van der Waals surface area (Å²) in [5.41, 5.74) is 0.370. The van der Waals surface area contributed by atoms with Gasteiger partial charge in [0.25, 0.3) is 0 Å². The Morgan fingerprint density at radius 2 is 1.88 bits per heavy atom. The monoisotopic (exact) mass is 364 g/mol. The van der Waals surface area contributed by atoms with Crippen LogP contribution in [0.3, 0.4) is 0 Å². The molecule has 1 aromatic carbocycles. The Kier molecular flexibility index (Phi) is 5.14. The molecule has 1 aromatic rings. The number of benzene rings is 1. The number of esters is 2. The summed E-state index contributed by atoms with van der Waals surface area (Å²) in [4.78, 5) is 22.4. The molecular weight excluding hydrogens is 356 g/mol. The average molecular weight is 366 g/mol. The Morgan fingerprint density at radius 1 is 1.24 bits per heavy atom. The molecule has 0 unspecified atom stereocenters. The van der Waals surface area contributed by atoms with Crippen LogP contribution in [0.2, 0.25) is 0 Å². The van der Waals surface area contributed by atoms with Gasteiger partial charge in [-0.15, -0.1) is 0 Å². The van der Waals surface area contributed by atoms with E-state index in [2.05, 4.69) is 31.9 Å². The lowest BCUT2D eigenvalue weighted by atomic mass is 10.2. The van der Waals surface area contributed by atoms with Gasteiger partial charge in [0, 0.05) is 6.92 Å². The van der Waals surface area contributed by atoms with Gasteiger partial charge in [-0.25, -0.2) is 4.79 Å². The van der Waals surface area contributed by atoms with Gasteiger partial charge in [-0.2, -0.15) is 0 Å². The van der Waals surface area contributed by atoms with E-state index in [1.54, 1.807) is 6.92 Å². The van der Waals surface area contributed by atoms with E-state index in [1.807, 2.05) is 0 Å². The van der Waals surface area contributed by atoms with Crippen molar-refractivity contribution in [1.29, 1.82) is 0 Å². The summed E-state index contributed by atoms with van der Waals surface area (Å²) >= 11 is 6.50. The van der Waals surface area contributed by atoms with Crippen LogP contribution in [0.5, 0.6) is 5.75 Å². The maximum Gasteiger partial charge on any atom is 0.339 e. The van der Waals surface area contributed by atoms with E-state index < -0.39 is 11.9 Å². The van der Waals surface area contributed by atoms with E-state index in [-0.39, 0.29) is 0 Å². The predicted molar refractivity (Wildman–Crippen MR) is 69.1 cm³/mol.